The Morgan fingerprint density at radius 2 is 2.00 bits per heavy atom. The van der Waals surface area contributed by atoms with Gasteiger partial charge < -0.3 is 10.2 Å². The fourth-order valence-corrected chi connectivity index (χ4v) is 7.13. The smallest absolute Gasteiger partial charge is 0.270 e. The molecular formula is C21H21N3O3S2. The predicted octanol–water partition coefficient (Wildman–Crippen LogP) is 2.95. The maximum atomic E-state index is 12.9. The molecule has 1 aromatic carbocycles. The first-order chi connectivity index (χ1) is 14.0. The predicted molar refractivity (Wildman–Crippen MR) is 112 cm³/mol. The molecule has 8 heteroatoms. The van der Waals surface area contributed by atoms with Crippen LogP contribution in [0.4, 0.5) is 0 Å². The average molecular weight is 428 g/mol. The third kappa shape index (κ3) is 3.56. The molecule has 3 unspecified atom stereocenters. The Kier molecular flexibility index (Phi) is 4.64. The molecule has 2 fully saturated rings. The normalized spacial score (nSPS) is 23.9. The second-order valence-electron chi connectivity index (χ2n) is 7.81. The summed E-state index contributed by atoms with van der Waals surface area (Å²) in [6.45, 7) is 3.16. The van der Waals surface area contributed by atoms with Gasteiger partial charge in [0.1, 0.15) is 9.90 Å². The molecule has 4 heterocycles. The molecule has 0 radical (unpaired) electrons. The highest BCUT2D eigenvalue weighted by Crippen LogP contribution is 2.33. The van der Waals surface area contributed by atoms with Crippen LogP contribution in [0.2, 0.25) is 0 Å². The lowest BCUT2D eigenvalue weighted by Gasteiger charge is -2.30. The number of benzene rings is 1. The van der Waals surface area contributed by atoms with Crippen LogP contribution >= 0.6 is 11.3 Å². The first-order valence-corrected chi connectivity index (χ1v) is 12.0. The number of sulfone groups is 1. The highest BCUT2D eigenvalue weighted by atomic mass is 32.2. The summed E-state index contributed by atoms with van der Waals surface area (Å²) in [5, 5.41) is 3.83. The Labute approximate surface area is 173 Å². The van der Waals surface area contributed by atoms with Crippen LogP contribution in [0.15, 0.2) is 57.8 Å². The van der Waals surface area contributed by atoms with Crippen LogP contribution in [0.5, 0.6) is 0 Å². The van der Waals surface area contributed by atoms with E-state index in [4.69, 9.17) is 0 Å². The van der Waals surface area contributed by atoms with Gasteiger partial charge in [-0.15, -0.1) is 11.3 Å². The van der Waals surface area contributed by atoms with Crippen molar-refractivity contribution in [3.05, 3.63) is 54.4 Å². The fourth-order valence-electron chi connectivity index (χ4n) is 4.31. The standard InChI is InChI=1S/C21H21N3O3S2/c25-21(23-16-8-14-6-7-24(12-14)13-16)18-10-19-15(11-22-18)9-20(28-19)29(26,27)17-4-2-1-3-5-17/h1-5,9-11,14,16H,6-8,12-13H2,(H,23,25). The lowest BCUT2D eigenvalue weighted by Crippen LogP contribution is -2.47. The number of amides is 1. The number of nitrogens with one attached hydrogen (secondary N) is 1. The van der Waals surface area contributed by atoms with Crippen molar-refractivity contribution >= 4 is 37.2 Å². The molecule has 3 aromatic rings. The van der Waals surface area contributed by atoms with Crippen LogP contribution in [0.3, 0.4) is 0 Å². The summed E-state index contributed by atoms with van der Waals surface area (Å²) in [5.74, 6) is 0.479. The van der Waals surface area contributed by atoms with Crippen LogP contribution in [0.25, 0.3) is 10.1 Å². The van der Waals surface area contributed by atoms with Gasteiger partial charge in [0.05, 0.1) is 4.90 Å². The van der Waals surface area contributed by atoms with E-state index in [1.165, 1.54) is 17.8 Å². The van der Waals surface area contributed by atoms with E-state index in [9.17, 15) is 13.2 Å². The van der Waals surface area contributed by atoms with E-state index in [0.717, 1.165) is 36.1 Å². The number of pyridine rings is 1. The molecule has 2 bridgehead atoms. The molecule has 2 aromatic heterocycles. The SMILES string of the molecule is O=C(NC1CC2CCN(C2)C1)c1cc2sc(S(=O)(=O)c3ccccc3)cc2cn1. The maximum Gasteiger partial charge on any atom is 0.270 e. The minimum atomic E-state index is -3.58. The molecule has 0 aliphatic carbocycles. The van der Waals surface area contributed by atoms with Gasteiger partial charge in [-0.2, -0.15) is 0 Å². The van der Waals surface area contributed by atoms with Gasteiger partial charge >= 0.3 is 0 Å². The molecule has 0 saturated carbocycles. The summed E-state index contributed by atoms with van der Waals surface area (Å²) in [4.78, 5) is 19.7. The highest BCUT2D eigenvalue weighted by molar-refractivity contribution is 7.93. The summed E-state index contributed by atoms with van der Waals surface area (Å²) in [6, 6.07) is 11.8. The van der Waals surface area contributed by atoms with E-state index in [-0.39, 0.29) is 21.1 Å². The van der Waals surface area contributed by atoms with Crippen molar-refractivity contribution in [2.24, 2.45) is 5.92 Å². The second-order valence-corrected chi connectivity index (χ2v) is 11.1. The quantitative estimate of drug-likeness (QED) is 0.693. The van der Waals surface area contributed by atoms with E-state index < -0.39 is 9.84 Å². The van der Waals surface area contributed by atoms with Crippen molar-refractivity contribution in [3.63, 3.8) is 0 Å². The minimum absolute atomic E-state index is 0.151. The number of hydrogen-bond acceptors (Lipinski definition) is 6. The van der Waals surface area contributed by atoms with E-state index >= 15 is 0 Å². The summed E-state index contributed by atoms with van der Waals surface area (Å²) >= 11 is 1.17. The second kappa shape index (κ2) is 7.19. The Hall–Kier alpha value is -2.29. The van der Waals surface area contributed by atoms with E-state index in [1.54, 1.807) is 48.7 Å². The summed E-state index contributed by atoms with van der Waals surface area (Å²) in [6.07, 6.45) is 3.81. The minimum Gasteiger partial charge on any atom is -0.347 e. The molecular weight excluding hydrogens is 406 g/mol. The van der Waals surface area contributed by atoms with E-state index in [1.807, 2.05) is 0 Å². The van der Waals surface area contributed by atoms with Gasteiger partial charge in [-0.3, -0.25) is 9.78 Å². The zero-order chi connectivity index (χ0) is 20.0. The number of fused-ring (bicyclic) bond motifs is 3. The Morgan fingerprint density at radius 1 is 1.17 bits per heavy atom. The molecule has 1 N–H and O–H groups in total. The Morgan fingerprint density at radius 3 is 2.79 bits per heavy atom. The zero-order valence-corrected chi connectivity index (χ0v) is 17.4. The van der Waals surface area contributed by atoms with Crippen molar-refractivity contribution in [2.75, 3.05) is 19.6 Å². The van der Waals surface area contributed by atoms with Gasteiger partial charge in [0.15, 0.2) is 0 Å². The molecule has 29 heavy (non-hydrogen) atoms. The number of carbonyl (C=O) groups excluding carboxylic acids is 1. The van der Waals surface area contributed by atoms with Crippen LogP contribution in [-0.4, -0.2) is 49.9 Å². The number of nitrogens with zero attached hydrogens (tertiary/aromatic N) is 2. The number of hydrogen-bond donors (Lipinski definition) is 1. The monoisotopic (exact) mass is 427 g/mol. The lowest BCUT2D eigenvalue weighted by atomic mass is 9.97. The molecule has 1 amide bonds. The van der Waals surface area contributed by atoms with Gasteiger partial charge in [-0.25, -0.2) is 8.42 Å². The topological polar surface area (TPSA) is 79.4 Å². The molecule has 2 saturated heterocycles. The fraction of sp³-hybridized carbons (Fsp3) is 0.333. The van der Waals surface area contributed by atoms with Crippen LogP contribution in [-0.2, 0) is 9.84 Å². The van der Waals surface area contributed by atoms with Crippen LogP contribution < -0.4 is 5.32 Å². The van der Waals surface area contributed by atoms with Crippen molar-refractivity contribution in [1.82, 2.24) is 15.2 Å². The van der Waals surface area contributed by atoms with Crippen molar-refractivity contribution in [3.8, 4) is 0 Å². The van der Waals surface area contributed by atoms with Crippen molar-refractivity contribution < 1.29 is 13.2 Å². The van der Waals surface area contributed by atoms with E-state index in [2.05, 4.69) is 15.2 Å². The first kappa shape index (κ1) is 18.7. The summed E-state index contributed by atoms with van der Waals surface area (Å²) < 4.78 is 26.7. The molecule has 150 valence electrons. The molecule has 3 atom stereocenters. The van der Waals surface area contributed by atoms with Crippen molar-refractivity contribution in [2.45, 2.75) is 28.0 Å². The number of piperidine rings is 1. The number of carbonyl (C=O) groups is 1. The summed E-state index contributed by atoms with van der Waals surface area (Å²) in [7, 11) is -3.58. The van der Waals surface area contributed by atoms with Crippen molar-refractivity contribution in [1.29, 1.82) is 0 Å². The highest BCUT2D eigenvalue weighted by Gasteiger charge is 2.33. The maximum absolute atomic E-state index is 12.9. The van der Waals surface area contributed by atoms with Gasteiger partial charge in [0.2, 0.25) is 9.84 Å². The number of rotatable bonds is 4. The van der Waals surface area contributed by atoms with Crippen LogP contribution in [0.1, 0.15) is 23.3 Å². The third-order valence-electron chi connectivity index (χ3n) is 5.73. The van der Waals surface area contributed by atoms with E-state index in [0.29, 0.717) is 11.6 Å². The average Bonchev–Trinajstić information content (AvgIpc) is 3.31. The third-order valence-corrected chi connectivity index (χ3v) is 9.07. The summed E-state index contributed by atoms with van der Waals surface area (Å²) in [5.41, 5.74) is 0.330. The molecule has 2 aliphatic heterocycles. The lowest BCUT2D eigenvalue weighted by molar-refractivity contribution is 0.0904. The molecule has 6 nitrogen and oxygen atoms in total. The Balaban J connectivity index is 1.39. The van der Waals surface area contributed by atoms with Gasteiger partial charge in [-0.05, 0) is 49.6 Å². The van der Waals surface area contributed by atoms with Crippen LogP contribution in [0, 0.1) is 5.92 Å². The number of aromatic nitrogens is 1. The van der Waals surface area contributed by atoms with Gasteiger partial charge in [-0.1, -0.05) is 18.2 Å². The largest absolute Gasteiger partial charge is 0.347 e. The molecule has 5 rings (SSSR count). The Bertz CT molecular complexity index is 1160. The van der Waals surface area contributed by atoms with Gasteiger partial charge in [0, 0.05) is 35.4 Å². The zero-order valence-electron chi connectivity index (χ0n) is 15.7. The van der Waals surface area contributed by atoms with Gasteiger partial charge in [0.25, 0.3) is 5.91 Å². The first-order valence-electron chi connectivity index (χ1n) is 9.72. The number of thiophene rings is 1. The molecule has 0 spiro atoms. The molecule has 2 aliphatic rings.